The van der Waals surface area contributed by atoms with Gasteiger partial charge in [-0.3, -0.25) is 5.73 Å². The molecule has 1 saturated carbocycles. The average molecular weight is 223 g/mol. The summed E-state index contributed by atoms with van der Waals surface area (Å²) in [6.45, 7) is 0. The first kappa shape index (κ1) is 11.7. The van der Waals surface area contributed by atoms with Crippen molar-refractivity contribution in [2.24, 2.45) is 11.7 Å². The minimum Gasteiger partial charge on any atom is -0.465 e. The van der Waals surface area contributed by atoms with Crippen LogP contribution in [0.2, 0.25) is 0 Å². The van der Waals surface area contributed by atoms with Gasteiger partial charge in [-0.1, -0.05) is 32.1 Å². The highest BCUT2D eigenvalue weighted by Crippen LogP contribution is 2.31. The topological polar surface area (TPSA) is 59.4 Å². The molecule has 0 amide bonds. The molecule has 16 heavy (non-hydrogen) atoms. The summed E-state index contributed by atoms with van der Waals surface area (Å²) in [6.07, 6.45) is 9.72. The molecule has 90 valence electrons. The number of nitrogens with two attached hydrogens (primary N) is 1. The summed E-state index contributed by atoms with van der Waals surface area (Å²) in [5, 5.41) is 10.1. The van der Waals surface area contributed by atoms with Crippen molar-refractivity contribution >= 4 is 0 Å². The van der Waals surface area contributed by atoms with E-state index in [1.807, 2.05) is 0 Å². The molecule has 2 rings (SSSR count). The molecule has 0 aliphatic heterocycles. The first-order chi connectivity index (χ1) is 7.68. The Morgan fingerprint density at radius 2 is 2.12 bits per heavy atom. The largest absolute Gasteiger partial charge is 0.465 e. The Hall–Kier alpha value is -0.800. The van der Waals surface area contributed by atoms with Crippen molar-refractivity contribution in [3.63, 3.8) is 0 Å². The number of rotatable bonds is 4. The van der Waals surface area contributed by atoms with E-state index in [2.05, 4.69) is 0 Å². The molecule has 1 atom stereocenters. The number of furan rings is 1. The maximum atomic E-state index is 10.1. The minimum absolute atomic E-state index is 0.475. The summed E-state index contributed by atoms with van der Waals surface area (Å²) in [6, 6.07) is 3.49. The fourth-order valence-electron chi connectivity index (χ4n) is 2.55. The summed E-state index contributed by atoms with van der Waals surface area (Å²) in [5.41, 5.74) is 4.57. The minimum atomic E-state index is -1.29. The van der Waals surface area contributed by atoms with Crippen LogP contribution in [0.3, 0.4) is 0 Å². The lowest BCUT2D eigenvalue weighted by Crippen LogP contribution is -2.36. The van der Waals surface area contributed by atoms with Crippen LogP contribution in [0.25, 0.3) is 0 Å². The molecule has 0 aromatic carbocycles. The number of hydrogen-bond donors (Lipinski definition) is 2. The van der Waals surface area contributed by atoms with Crippen LogP contribution >= 0.6 is 0 Å². The van der Waals surface area contributed by atoms with Crippen LogP contribution in [0.15, 0.2) is 22.8 Å². The van der Waals surface area contributed by atoms with Crippen molar-refractivity contribution < 1.29 is 9.52 Å². The van der Waals surface area contributed by atoms with Gasteiger partial charge in [0.05, 0.1) is 6.26 Å². The molecule has 1 aliphatic rings. The Morgan fingerprint density at radius 1 is 1.38 bits per heavy atom. The van der Waals surface area contributed by atoms with Crippen LogP contribution < -0.4 is 5.73 Å². The second-order valence-electron chi connectivity index (χ2n) is 4.94. The summed E-state index contributed by atoms with van der Waals surface area (Å²) in [4.78, 5) is 0. The first-order valence-corrected chi connectivity index (χ1v) is 6.24. The summed E-state index contributed by atoms with van der Waals surface area (Å²) in [7, 11) is 0. The van der Waals surface area contributed by atoms with Crippen LogP contribution in [0.1, 0.15) is 50.7 Å². The zero-order valence-electron chi connectivity index (χ0n) is 9.69. The Bertz CT molecular complexity index is 300. The normalized spacial score (nSPS) is 21.9. The zero-order valence-corrected chi connectivity index (χ0v) is 9.69. The van der Waals surface area contributed by atoms with Crippen LogP contribution in [0, 0.1) is 5.92 Å². The Balaban J connectivity index is 1.84. The molecular weight excluding hydrogens is 202 g/mol. The molecule has 0 saturated heterocycles. The van der Waals surface area contributed by atoms with Gasteiger partial charge in [0.1, 0.15) is 5.76 Å². The van der Waals surface area contributed by atoms with Gasteiger partial charge in [-0.2, -0.15) is 0 Å². The lowest BCUT2D eigenvalue weighted by Gasteiger charge is -2.26. The number of aliphatic hydroxyl groups is 1. The van der Waals surface area contributed by atoms with Crippen molar-refractivity contribution in [2.45, 2.75) is 50.7 Å². The first-order valence-electron chi connectivity index (χ1n) is 6.24. The predicted molar refractivity (Wildman–Crippen MR) is 62.6 cm³/mol. The van der Waals surface area contributed by atoms with E-state index in [0.717, 1.165) is 12.3 Å². The summed E-state index contributed by atoms with van der Waals surface area (Å²) < 4.78 is 5.16. The average Bonchev–Trinajstić information content (AvgIpc) is 2.82. The van der Waals surface area contributed by atoms with Crippen LogP contribution in [0.4, 0.5) is 0 Å². The molecule has 3 N–H and O–H groups in total. The Labute approximate surface area is 96.6 Å². The molecule has 1 fully saturated rings. The van der Waals surface area contributed by atoms with E-state index in [0.29, 0.717) is 12.2 Å². The molecule has 1 heterocycles. The molecule has 3 nitrogen and oxygen atoms in total. The van der Waals surface area contributed by atoms with Gasteiger partial charge in [0.15, 0.2) is 5.72 Å². The quantitative estimate of drug-likeness (QED) is 0.772. The highest BCUT2D eigenvalue weighted by molar-refractivity contribution is 5.06. The van der Waals surface area contributed by atoms with Crippen molar-refractivity contribution in [1.29, 1.82) is 0 Å². The fourth-order valence-corrected chi connectivity index (χ4v) is 2.55. The van der Waals surface area contributed by atoms with E-state index in [4.69, 9.17) is 10.2 Å². The van der Waals surface area contributed by atoms with Gasteiger partial charge in [0, 0.05) is 0 Å². The van der Waals surface area contributed by atoms with Crippen LogP contribution in [-0.2, 0) is 5.72 Å². The zero-order chi connectivity index (χ0) is 11.4. The Kier molecular flexibility index (Phi) is 3.66. The van der Waals surface area contributed by atoms with Gasteiger partial charge in [0.2, 0.25) is 0 Å². The van der Waals surface area contributed by atoms with Gasteiger partial charge in [0.25, 0.3) is 0 Å². The standard InChI is InChI=1S/C13H21NO2/c14-13(15,12-7-4-10-16-12)9-8-11-5-2-1-3-6-11/h4,7,10-11,15H,1-3,5-6,8-9,14H2. The molecule has 1 aromatic rings. The third-order valence-corrected chi connectivity index (χ3v) is 3.61. The predicted octanol–water partition coefficient (Wildman–Crippen LogP) is 2.74. The molecule has 0 radical (unpaired) electrons. The van der Waals surface area contributed by atoms with Crippen molar-refractivity contribution in [1.82, 2.24) is 0 Å². The summed E-state index contributed by atoms with van der Waals surface area (Å²) >= 11 is 0. The van der Waals surface area contributed by atoms with Gasteiger partial charge < -0.3 is 9.52 Å². The SMILES string of the molecule is NC(O)(CCC1CCCCC1)c1ccco1. The molecule has 0 spiro atoms. The van der Waals surface area contributed by atoms with E-state index >= 15 is 0 Å². The molecule has 1 aliphatic carbocycles. The third-order valence-electron chi connectivity index (χ3n) is 3.61. The van der Waals surface area contributed by atoms with E-state index in [1.54, 1.807) is 18.4 Å². The molecule has 0 bridgehead atoms. The Morgan fingerprint density at radius 3 is 2.75 bits per heavy atom. The lowest BCUT2D eigenvalue weighted by molar-refractivity contribution is 0.00503. The molecule has 1 aromatic heterocycles. The van der Waals surface area contributed by atoms with E-state index in [9.17, 15) is 5.11 Å². The van der Waals surface area contributed by atoms with Crippen molar-refractivity contribution in [2.75, 3.05) is 0 Å². The van der Waals surface area contributed by atoms with E-state index < -0.39 is 5.72 Å². The monoisotopic (exact) mass is 223 g/mol. The van der Waals surface area contributed by atoms with Crippen molar-refractivity contribution in [3.05, 3.63) is 24.2 Å². The van der Waals surface area contributed by atoms with Gasteiger partial charge in [-0.25, -0.2) is 0 Å². The second-order valence-corrected chi connectivity index (χ2v) is 4.94. The van der Waals surface area contributed by atoms with Crippen molar-refractivity contribution in [3.8, 4) is 0 Å². The fraction of sp³-hybridized carbons (Fsp3) is 0.692. The molecule has 3 heteroatoms. The van der Waals surface area contributed by atoms with E-state index in [1.165, 1.54) is 32.1 Å². The van der Waals surface area contributed by atoms with Crippen LogP contribution in [0.5, 0.6) is 0 Å². The third kappa shape index (κ3) is 2.86. The maximum Gasteiger partial charge on any atom is 0.172 e. The van der Waals surface area contributed by atoms with Gasteiger partial charge in [-0.15, -0.1) is 0 Å². The molecular formula is C13H21NO2. The summed E-state index contributed by atoms with van der Waals surface area (Å²) in [5.74, 6) is 1.21. The van der Waals surface area contributed by atoms with Gasteiger partial charge in [-0.05, 0) is 30.9 Å². The maximum absolute atomic E-state index is 10.1. The lowest BCUT2D eigenvalue weighted by atomic mass is 9.84. The highest BCUT2D eigenvalue weighted by Gasteiger charge is 2.28. The van der Waals surface area contributed by atoms with E-state index in [-0.39, 0.29) is 0 Å². The highest BCUT2D eigenvalue weighted by atomic mass is 16.4. The van der Waals surface area contributed by atoms with Crippen LogP contribution in [-0.4, -0.2) is 5.11 Å². The smallest absolute Gasteiger partial charge is 0.172 e. The molecule has 1 unspecified atom stereocenters. The van der Waals surface area contributed by atoms with Gasteiger partial charge >= 0.3 is 0 Å². The number of hydrogen-bond acceptors (Lipinski definition) is 3. The second kappa shape index (κ2) is 5.02.